The van der Waals surface area contributed by atoms with Gasteiger partial charge in [-0.2, -0.15) is 0 Å². The number of nitrogens with zero attached hydrogens (tertiary/aromatic N) is 2. The molecular formula is C13H21N3O2. The smallest absolute Gasteiger partial charge is 0.142 e. The van der Waals surface area contributed by atoms with Crippen molar-refractivity contribution in [2.45, 2.75) is 31.6 Å². The fourth-order valence-electron chi connectivity index (χ4n) is 2.01. The van der Waals surface area contributed by atoms with Crippen molar-refractivity contribution in [3.8, 4) is 5.75 Å². The first-order valence-corrected chi connectivity index (χ1v) is 6.18. The second-order valence-corrected chi connectivity index (χ2v) is 4.99. The number of anilines is 1. The maximum absolute atomic E-state index is 5.94. The molecule has 1 fully saturated rings. The van der Waals surface area contributed by atoms with E-state index < -0.39 is 0 Å². The van der Waals surface area contributed by atoms with Crippen LogP contribution >= 0.6 is 0 Å². The molecule has 0 aliphatic heterocycles. The normalized spacial score (nSPS) is 22.9. The van der Waals surface area contributed by atoms with E-state index in [4.69, 9.17) is 15.2 Å². The highest BCUT2D eigenvalue weighted by molar-refractivity contribution is 5.38. The summed E-state index contributed by atoms with van der Waals surface area (Å²) in [7, 11) is 5.74. The first kappa shape index (κ1) is 13.1. The number of nitrogens with two attached hydrogens (primary N) is 1. The summed E-state index contributed by atoms with van der Waals surface area (Å²) in [6.45, 7) is 0.723. The van der Waals surface area contributed by atoms with Crippen molar-refractivity contribution in [3.05, 3.63) is 17.8 Å². The Morgan fingerprint density at radius 1 is 1.33 bits per heavy atom. The molecule has 0 unspecified atom stereocenters. The van der Waals surface area contributed by atoms with Gasteiger partial charge in [0.25, 0.3) is 0 Å². The summed E-state index contributed by atoms with van der Waals surface area (Å²) < 4.78 is 11.2. The topological polar surface area (TPSA) is 60.6 Å². The second-order valence-electron chi connectivity index (χ2n) is 4.99. The predicted molar refractivity (Wildman–Crippen MR) is 70.5 cm³/mol. The predicted octanol–water partition coefficient (Wildman–Crippen LogP) is 1.28. The molecule has 1 aliphatic carbocycles. The molecule has 0 saturated heterocycles. The number of pyridine rings is 1. The molecule has 2 N–H and O–H groups in total. The van der Waals surface area contributed by atoms with E-state index in [1.807, 2.05) is 25.1 Å². The first-order valence-electron chi connectivity index (χ1n) is 6.18. The van der Waals surface area contributed by atoms with Gasteiger partial charge in [-0.3, -0.25) is 0 Å². The van der Waals surface area contributed by atoms with E-state index in [0.29, 0.717) is 11.9 Å². The van der Waals surface area contributed by atoms with Crippen LogP contribution in [0.15, 0.2) is 12.1 Å². The van der Waals surface area contributed by atoms with Crippen molar-refractivity contribution in [2.24, 2.45) is 0 Å². The largest absolute Gasteiger partial charge is 0.488 e. The maximum Gasteiger partial charge on any atom is 0.142 e. The average molecular weight is 251 g/mol. The van der Waals surface area contributed by atoms with Gasteiger partial charge in [0.2, 0.25) is 0 Å². The minimum Gasteiger partial charge on any atom is -0.488 e. The first-order chi connectivity index (χ1) is 8.58. The number of aromatic nitrogens is 1. The van der Waals surface area contributed by atoms with Crippen LogP contribution in [0.5, 0.6) is 5.75 Å². The van der Waals surface area contributed by atoms with E-state index in [-0.39, 0.29) is 6.10 Å². The molecule has 2 rings (SSSR count). The third kappa shape index (κ3) is 3.11. The van der Waals surface area contributed by atoms with Gasteiger partial charge in [0.05, 0.1) is 11.8 Å². The van der Waals surface area contributed by atoms with Gasteiger partial charge in [-0.25, -0.2) is 4.98 Å². The molecule has 0 spiro atoms. The summed E-state index contributed by atoms with van der Waals surface area (Å²) in [5, 5.41) is 0. The van der Waals surface area contributed by atoms with Crippen LogP contribution in [0.4, 0.5) is 5.82 Å². The Bertz CT molecular complexity index is 403. The Labute approximate surface area is 108 Å². The minimum atomic E-state index is 0.237. The number of methoxy groups -OCH3 is 1. The molecule has 1 aliphatic rings. The number of ether oxygens (including phenoxy) is 2. The molecule has 0 aromatic carbocycles. The van der Waals surface area contributed by atoms with Gasteiger partial charge in [0, 0.05) is 26.5 Å². The van der Waals surface area contributed by atoms with Crippen molar-refractivity contribution < 1.29 is 9.47 Å². The molecular weight excluding hydrogens is 230 g/mol. The number of nitrogen functional groups attached to an aromatic ring is 1. The van der Waals surface area contributed by atoms with Gasteiger partial charge < -0.3 is 20.1 Å². The lowest BCUT2D eigenvalue weighted by molar-refractivity contribution is -0.0386. The van der Waals surface area contributed by atoms with E-state index in [0.717, 1.165) is 30.8 Å². The summed E-state index contributed by atoms with van der Waals surface area (Å²) in [6.07, 6.45) is 2.47. The van der Waals surface area contributed by atoms with Gasteiger partial charge in [0.1, 0.15) is 17.7 Å². The summed E-state index contributed by atoms with van der Waals surface area (Å²) >= 11 is 0. The van der Waals surface area contributed by atoms with Crippen LogP contribution in [0.3, 0.4) is 0 Å². The SMILES string of the molecule is COC1CC(Oc2ccc(N)nc2CN(C)C)C1. The molecule has 0 bridgehead atoms. The van der Waals surface area contributed by atoms with Crippen LogP contribution < -0.4 is 10.5 Å². The zero-order valence-electron chi connectivity index (χ0n) is 11.2. The molecule has 18 heavy (non-hydrogen) atoms. The van der Waals surface area contributed by atoms with E-state index in [2.05, 4.69) is 4.98 Å². The Morgan fingerprint density at radius 2 is 2.06 bits per heavy atom. The molecule has 5 heteroatoms. The Kier molecular flexibility index (Phi) is 4.04. The zero-order valence-corrected chi connectivity index (χ0v) is 11.2. The summed E-state index contributed by atoms with van der Waals surface area (Å²) in [6, 6.07) is 3.68. The van der Waals surface area contributed by atoms with E-state index in [1.165, 1.54) is 0 Å². The number of rotatable bonds is 5. The second kappa shape index (κ2) is 5.54. The number of hydrogen-bond acceptors (Lipinski definition) is 5. The van der Waals surface area contributed by atoms with Crippen LogP contribution in [-0.4, -0.2) is 43.3 Å². The lowest BCUT2D eigenvalue weighted by Gasteiger charge is -2.34. The fourth-order valence-corrected chi connectivity index (χ4v) is 2.01. The highest BCUT2D eigenvalue weighted by Crippen LogP contribution is 2.29. The standard InChI is InChI=1S/C13H21N3O2/c1-16(2)8-11-12(4-5-13(14)15-11)18-10-6-9(7-10)17-3/h4-5,9-10H,6-8H2,1-3H3,(H2,14,15). The highest BCUT2D eigenvalue weighted by Gasteiger charge is 2.31. The summed E-state index contributed by atoms with van der Waals surface area (Å²) in [5.41, 5.74) is 6.61. The lowest BCUT2D eigenvalue weighted by atomic mass is 9.92. The Morgan fingerprint density at radius 3 is 2.67 bits per heavy atom. The highest BCUT2D eigenvalue weighted by atomic mass is 16.5. The van der Waals surface area contributed by atoms with Gasteiger partial charge in [-0.05, 0) is 26.2 Å². The van der Waals surface area contributed by atoms with Gasteiger partial charge in [-0.15, -0.1) is 0 Å². The molecule has 1 aromatic rings. The quantitative estimate of drug-likeness (QED) is 0.854. The van der Waals surface area contributed by atoms with Crippen molar-refractivity contribution in [1.82, 2.24) is 9.88 Å². The third-order valence-corrected chi connectivity index (χ3v) is 3.10. The Balaban J connectivity index is 2.03. The summed E-state index contributed by atoms with van der Waals surface area (Å²) in [5.74, 6) is 1.36. The van der Waals surface area contributed by atoms with E-state index >= 15 is 0 Å². The van der Waals surface area contributed by atoms with Crippen molar-refractivity contribution >= 4 is 5.82 Å². The molecule has 0 atom stereocenters. The van der Waals surface area contributed by atoms with Crippen molar-refractivity contribution in [2.75, 3.05) is 26.9 Å². The summed E-state index contributed by atoms with van der Waals surface area (Å²) in [4.78, 5) is 6.39. The minimum absolute atomic E-state index is 0.237. The molecule has 1 heterocycles. The fraction of sp³-hybridized carbons (Fsp3) is 0.615. The van der Waals surface area contributed by atoms with Crippen LogP contribution in [0.25, 0.3) is 0 Å². The van der Waals surface area contributed by atoms with Gasteiger partial charge in [-0.1, -0.05) is 0 Å². The van der Waals surface area contributed by atoms with Gasteiger partial charge in [0.15, 0.2) is 0 Å². The average Bonchev–Trinajstić information content (AvgIpc) is 2.24. The Hall–Kier alpha value is -1.33. The van der Waals surface area contributed by atoms with Crippen LogP contribution in [-0.2, 0) is 11.3 Å². The van der Waals surface area contributed by atoms with Crippen molar-refractivity contribution in [1.29, 1.82) is 0 Å². The molecule has 100 valence electrons. The van der Waals surface area contributed by atoms with Gasteiger partial charge >= 0.3 is 0 Å². The van der Waals surface area contributed by atoms with Crippen LogP contribution in [0.2, 0.25) is 0 Å². The number of hydrogen-bond donors (Lipinski definition) is 1. The van der Waals surface area contributed by atoms with E-state index in [9.17, 15) is 0 Å². The molecule has 1 saturated carbocycles. The lowest BCUT2D eigenvalue weighted by Crippen LogP contribution is -2.39. The zero-order chi connectivity index (χ0) is 13.1. The maximum atomic E-state index is 5.94. The van der Waals surface area contributed by atoms with Crippen LogP contribution in [0.1, 0.15) is 18.5 Å². The van der Waals surface area contributed by atoms with Crippen molar-refractivity contribution in [3.63, 3.8) is 0 Å². The van der Waals surface area contributed by atoms with E-state index in [1.54, 1.807) is 13.2 Å². The molecule has 0 amide bonds. The molecule has 0 radical (unpaired) electrons. The monoisotopic (exact) mass is 251 g/mol. The molecule has 5 nitrogen and oxygen atoms in total. The molecule has 1 aromatic heterocycles. The third-order valence-electron chi connectivity index (χ3n) is 3.10. The van der Waals surface area contributed by atoms with Crippen LogP contribution in [0, 0.1) is 0 Å².